The van der Waals surface area contributed by atoms with Crippen molar-refractivity contribution < 1.29 is 9.59 Å². The molecule has 2 amide bonds. The number of anilines is 1. The van der Waals surface area contributed by atoms with Crippen molar-refractivity contribution in [1.82, 2.24) is 10.2 Å². The Bertz CT molecular complexity index is 888. The van der Waals surface area contributed by atoms with Crippen LogP contribution in [0, 0.1) is 6.92 Å². The van der Waals surface area contributed by atoms with Crippen LogP contribution in [0.3, 0.4) is 0 Å². The summed E-state index contributed by atoms with van der Waals surface area (Å²) in [4.78, 5) is 28.7. The Morgan fingerprint density at radius 2 is 2.00 bits per heavy atom. The summed E-state index contributed by atoms with van der Waals surface area (Å²) in [5.41, 5.74) is 4.72. The highest BCUT2D eigenvalue weighted by Gasteiger charge is 2.36. The summed E-state index contributed by atoms with van der Waals surface area (Å²) in [5, 5.41) is 2.72. The molecule has 1 N–H and O–H groups in total. The smallest absolute Gasteiger partial charge is 0.265 e. The molecule has 0 radical (unpaired) electrons. The minimum atomic E-state index is -0.438. The van der Waals surface area contributed by atoms with Crippen LogP contribution in [-0.4, -0.2) is 41.0 Å². The van der Waals surface area contributed by atoms with Crippen molar-refractivity contribution in [3.8, 4) is 0 Å². The van der Waals surface area contributed by atoms with E-state index in [-0.39, 0.29) is 22.1 Å². The van der Waals surface area contributed by atoms with Gasteiger partial charge in [-0.15, -0.1) is 0 Å². The van der Waals surface area contributed by atoms with E-state index in [0.29, 0.717) is 5.92 Å². The molecule has 1 atom stereocenters. The number of nitrogens with one attached hydrogen (secondary N) is 1. The topological polar surface area (TPSA) is 52.7 Å². The number of hydrogen-bond acceptors (Lipinski definition) is 4. The summed E-state index contributed by atoms with van der Waals surface area (Å²) >= 11 is 5.02. The van der Waals surface area contributed by atoms with Gasteiger partial charge in [-0.1, -0.05) is 13.8 Å². The first-order valence-corrected chi connectivity index (χ1v) is 10.2. The maximum absolute atomic E-state index is 12.5. The van der Waals surface area contributed by atoms with Crippen LogP contribution >= 0.6 is 12.2 Å². The second kappa shape index (κ2) is 7.32. The van der Waals surface area contributed by atoms with Crippen molar-refractivity contribution in [2.45, 2.75) is 58.9 Å². The van der Waals surface area contributed by atoms with Crippen LogP contribution in [0.2, 0.25) is 0 Å². The number of thiocarbonyl (C=S) groups is 1. The number of hydrogen-bond donors (Lipinski definition) is 1. The van der Waals surface area contributed by atoms with Crippen LogP contribution in [0.4, 0.5) is 5.69 Å². The molecule has 2 aliphatic rings. The average Bonchev–Trinajstić information content (AvgIpc) is 2.60. The zero-order valence-electron chi connectivity index (χ0n) is 17.5. The molecule has 5 nitrogen and oxygen atoms in total. The number of nitrogens with zero attached hydrogens (tertiary/aromatic N) is 2. The van der Waals surface area contributed by atoms with Crippen LogP contribution in [0.5, 0.6) is 0 Å². The number of rotatable bonds is 3. The number of carbonyl (C=O) groups excluding carboxylic acids is 2. The van der Waals surface area contributed by atoms with Crippen LogP contribution in [0.15, 0.2) is 17.7 Å². The molecule has 2 aliphatic heterocycles. The molecule has 0 saturated carbocycles. The van der Waals surface area contributed by atoms with Crippen molar-refractivity contribution in [1.29, 1.82) is 0 Å². The van der Waals surface area contributed by atoms with Gasteiger partial charge in [0.15, 0.2) is 5.11 Å². The maximum Gasteiger partial charge on any atom is 0.265 e. The Balaban J connectivity index is 2.09. The summed E-state index contributed by atoms with van der Waals surface area (Å²) in [6, 6.07) is 4.35. The monoisotopic (exact) mass is 399 g/mol. The van der Waals surface area contributed by atoms with Gasteiger partial charge in [-0.3, -0.25) is 19.8 Å². The highest BCUT2D eigenvalue weighted by molar-refractivity contribution is 7.80. The molecule has 1 unspecified atom stereocenters. The maximum atomic E-state index is 12.5. The van der Waals surface area contributed by atoms with Gasteiger partial charge in [-0.2, -0.15) is 0 Å². The molecular weight excluding hydrogens is 370 g/mol. The molecule has 2 heterocycles. The Kier molecular flexibility index (Phi) is 5.36. The van der Waals surface area contributed by atoms with E-state index in [1.807, 2.05) is 6.92 Å². The van der Waals surface area contributed by atoms with E-state index in [4.69, 9.17) is 12.2 Å². The van der Waals surface area contributed by atoms with Gasteiger partial charge in [0.25, 0.3) is 11.8 Å². The summed E-state index contributed by atoms with van der Waals surface area (Å²) in [6.07, 6.45) is 3.85. The zero-order chi connectivity index (χ0) is 20.8. The van der Waals surface area contributed by atoms with Crippen molar-refractivity contribution >= 4 is 40.9 Å². The third-order valence-electron chi connectivity index (χ3n) is 5.83. The lowest BCUT2D eigenvalue weighted by Gasteiger charge is -2.48. The lowest BCUT2D eigenvalue weighted by Crippen LogP contribution is -2.52. The van der Waals surface area contributed by atoms with Gasteiger partial charge in [0.1, 0.15) is 5.57 Å². The zero-order valence-corrected chi connectivity index (χ0v) is 18.4. The number of amides is 2. The fourth-order valence-corrected chi connectivity index (χ4v) is 4.53. The average molecular weight is 400 g/mol. The molecule has 1 aromatic carbocycles. The molecule has 28 heavy (non-hydrogen) atoms. The molecule has 0 spiro atoms. The number of aryl methyl sites for hydroxylation is 1. The van der Waals surface area contributed by atoms with Gasteiger partial charge in [0.05, 0.1) is 0 Å². The molecule has 0 aliphatic carbocycles. The molecule has 3 rings (SSSR count). The van der Waals surface area contributed by atoms with E-state index in [1.54, 1.807) is 13.1 Å². The van der Waals surface area contributed by atoms with Crippen molar-refractivity contribution in [3.05, 3.63) is 34.4 Å². The SMILES string of the molecule is CCCN1c2cc(C)c(/C=C3/C(=O)NC(=S)N(C)C3=O)cc2C(C)CC1(C)C. The van der Waals surface area contributed by atoms with Crippen LogP contribution < -0.4 is 10.2 Å². The number of fused-ring (bicyclic) bond motifs is 1. The van der Waals surface area contributed by atoms with E-state index in [1.165, 1.54) is 16.2 Å². The van der Waals surface area contributed by atoms with Crippen molar-refractivity contribution in [3.63, 3.8) is 0 Å². The van der Waals surface area contributed by atoms with E-state index < -0.39 is 5.91 Å². The van der Waals surface area contributed by atoms with Gasteiger partial charge < -0.3 is 4.90 Å². The standard InChI is InChI=1S/C22H29N3O2S/c1-7-8-25-18-9-13(2)15(10-16(18)14(3)12-22(25,4)5)11-17-19(26)23-21(28)24(6)20(17)27/h9-11,14H,7-8,12H2,1-6H3,(H,23,26,28)/b17-11-. The van der Waals surface area contributed by atoms with Gasteiger partial charge in [0, 0.05) is 24.8 Å². The van der Waals surface area contributed by atoms with Crippen molar-refractivity contribution in [2.75, 3.05) is 18.5 Å². The van der Waals surface area contributed by atoms with Gasteiger partial charge in [-0.05, 0) is 86.6 Å². The highest BCUT2D eigenvalue weighted by atomic mass is 32.1. The number of likely N-dealkylation sites (N-methyl/N-ethyl adjacent to an activating group) is 1. The Morgan fingerprint density at radius 1 is 1.32 bits per heavy atom. The quantitative estimate of drug-likeness (QED) is 0.478. The van der Waals surface area contributed by atoms with Crippen LogP contribution in [0.1, 0.15) is 63.1 Å². The third-order valence-corrected chi connectivity index (χ3v) is 6.20. The number of benzene rings is 1. The molecule has 1 aromatic rings. The number of carbonyl (C=O) groups is 2. The fraction of sp³-hybridized carbons (Fsp3) is 0.500. The minimum absolute atomic E-state index is 0.104. The molecule has 6 heteroatoms. The van der Waals surface area contributed by atoms with E-state index in [2.05, 4.69) is 50.0 Å². The summed E-state index contributed by atoms with van der Waals surface area (Å²) in [7, 11) is 1.57. The second-order valence-electron chi connectivity index (χ2n) is 8.52. The molecule has 0 aromatic heterocycles. The molecular formula is C22H29N3O2S. The largest absolute Gasteiger partial charge is 0.366 e. The van der Waals surface area contributed by atoms with Gasteiger partial charge >= 0.3 is 0 Å². The summed E-state index contributed by atoms with van der Waals surface area (Å²) < 4.78 is 0. The van der Waals surface area contributed by atoms with Gasteiger partial charge in [0.2, 0.25) is 0 Å². The Labute approximate surface area is 172 Å². The fourth-order valence-electron chi connectivity index (χ4n) is 4.35. The molecule has 150 valence electrons. The predicted molar refractivity (Wildman–Crippen MR) is 117 cm³/mol. The molecule has 0 bridgehead atoms. The first-order valence-electron chi connectivity index (χ1n) is 9.84. The Morgan fingerprint density at radius 3 is 2.64 bits per heavy atom. The molecule has 1 saturated heterocycles. The molecule has 1 fully saturated rings. The van der Waals surface area contributed by atoms with Crippen molar-refractivity contribution in [2.24, 2.45) is 0 Å². The second-order valence-corrected chi connectivity index (χ2v) is 8.91. The summed E-state index contributed by atoms with van der Waals surface area (Å²) in [6.45, 7) is 12.1. The lowest BCUT2D eigenvalue weighted by molar-refractivity contribution is -0.128. The van der Waals surface area contributed by atoms with E-state index in [0.717, 1.165) is 30.5 Å². The van der Waals surface area contributed by atoms with Gasteiger partial charge in [-0.25, -0.2) is 0 Å². The van der Waals surface area contributed by atoms with E-state index in [9.17, 15) is 9.59 Å². The summed E-state index contributed by atoms with van der Waals surface area (Å²) in [5.74, 6) is -0.401. The lowest BCUT2D eigenvalue weighted by atomic mass is 9.78. The highest BCUT2D eigenvalue weighted by Crippen LogP contribution is 2.44. The third kappa shape index (κ3) is 3.46. The minimum Gasteiger partial charge on any atom is -0.366 e. The normalized spacial score (nSPS) is 23.1. The first-order chi connectivity index (χ1) is 13.1. The predicted octanol–water partition coefficient (Wildman–Crippen LogP) is 3.75. The van der Waals surface area contributed by atoms with Crippen LogP contribution in [-0.2, 0) is 9.59 Å². The Hall–Kier alpha value is -2.21. The first kappa shape index (κ1) is 20.5. The van der Waals surface area contributed by atoms with E-state index >= 15 is 0 Å². The van der Waals surface area contributed by atoms with Crippen LogP contribution in [0.25, 0.3) is 6.08 Å².